The first-order valence-corrected chi connectivity index (χ1v) is 5.63. The number of hydrogen-bond acceptors (Lipinski definition) is 4. The predicted molar refractivity (Wildman–Crippen MR) is 59.1 cm³/mol. The molecule has 2 heterocycles. The van der Waals surface area contributed by atoms with Crippen molar-refractivity contribution in [3.63, 3.8) is 0 Å². The molecule has 0 aliphatic heterocycles. The Labute approximate surface area is 97.3 Å². The minimum atomic E-state index is -1.01. The van der Waals surface area contributed by atoms with Crippen LogP contribution in [0.2, 0.25) is 0 Å². The van der Waals surface area contributed by atoms with Crippen LogP contribution in [-0.4, -0.2) is 30.7 Å². The summed E-state index contributed by atoms with van der Waals surface area (Å²) in [5.74, 6) is 0.463. The molecule has 1 N–H and O–H groups in total. The normalized spacial score (nSPS) is 16.1. The van der Waals surface area contributed by atoms with Crippen molar-refractivity contribution < 1.29 is 9.90 Å². The van der Waals surface area contributed by atoms with Crippen LogP contribution < -0.4 is 0 Å². The summed E-state index contributed by atoms with van der Waals surface area (Å²) in [6.07, 6.45) is 3.36. The maximum absolute atomic E-state index is 11.1. The Hall–Kier alpha value is -1.98. The molecule has 1 aliphatic carbocycles. The number of aryl methyl sites for hydroxylation is 1. The third-order valence-corrected chi connectivity index (χ3v) is 3.15. The first-order valence-electron chi connectivity index (χ1n) is 5.63. The van der Waals surface area contributed by atoms with Gasteiger partial charge in [0, 0.05) is 11.6 Å². The molecule has 1 aliphatic rings. The van der Waals surface area contributed by atoms with Crippen LogP contribution in [-0.2, 0) is 0 Å². The number of carboxylic acids is 1. The van der Waals surface area contributed by atoms with E-state index in [-0.39, 0.29) is 5.69 Å². The lowest BCUT2D eigenvalue weighted by atomic mass is 9.85. The third-order valence-electron chi connectivity index (χ3n) is 3.15. The van der Waals surface area contributed by atoms with Crippen LogP contribution in [0.3, 0.4) is 0 Å². The van der Waals surface area contributed by atoms with Gasteiger partial charge in [0.2, 0.25) is 0 Å². The smallest absolute Gasteiger partial charge is 0.354 e. The molecule has 0 unspecified atom stereocenters. The van der Waals surface area contributed by atoms with Crippen LogP contribution >= 0.6 is 0 Å². The van der Waals surface area contributed by atoms with Gasteiger partial charge in [0.15, 0.2) is 11.5 Å². The van der Waals surface area contributed by atoms with Crippen molar-refractivity contribution in [2.45, 2.75) is 32.1 Å². The number of aromatic nitrogens is 4. The molecule has 0 aromatic carbocycles. The molecule has 2 aromatic rings. The molecule has 0 spiro atoms. The Morgan fingerprint density at radius 1 is 1.47 bits per heavy atom. The van der Waals surface area contributed by atoms with Crippen LogP contribution in [0, 0.1) is 6.92 Å². The fraction of sp³-hybridized carbons (Fsp3) is 0.455. The highest BCUT2D eigenvalue weighted by Crippen LogP contribution is 2.34. The molecule has 17 heavy (non-hydrogen) atoms. The monoisotopic (exact) mass is 232 g/mol. The van der Waals surface area contributed by atoms with Crippen molar-refractivity contribution in [3.05, 3.63) is 23.3 Å². The summed E-state index contributed by atoms with van der Waals surface area (Å²) in [5, 5.41) is 13.4. The van der Waals surface area contributed by atoms with Crippen molar-refractivity contribution in [3.8, 4) is 0 Å². The van der Waals surface area contributed by atoms with E-state index < -0.39 is 5.97 Å². The van der Waals surface area contributed by atoms with Gasteiger partial charge in [-0.3, -0.25) is 0 Å². The SMILES string of the molecule is Cc1cc(C(=O)O)n2nc(C3CCC3)nc2n1. The van der Waals surface area contributed by atoms with Crippen LogP contribution in [0.15, 0.2) is 6.07 Å². The Morgan fingerprint density at radius 3 is 2.82 bits per heavy atom. The predicted octanol–water partition coefficient (Wildman–Crippen LogP) is 1.40. The fourth-order valence-electron chi connectivity index (χ4n) is 1.99. The number of aromatic carboxylic acids is 1. The molecule has 1 saturated carbocycles. The lowest BCUT2D eigenvalue weighted by Crippen LogP contribution is -2.11. The molecule has 0 amide bonds. The second-order valence-corrected chi connectivity index (χ2v) is 4.40. The minimum absolute atomic E-state index is 0.116. The van der Waals surface area contributed by atoms with Crippen molar-refractivity contribution in [1.29, 1.82) is 0 Å². The minimum Gasteiger partial charge on any atom is -0.477 e. The summed E-state index contributed by atoms with van der Waals surface area (Å²) in [4.78, 5) is 19.6. The van der Waals surface area contributed by atoms with Gasteiger partial charge in [-0.05, 0) is 25.8 Å². The molecule has 0 bridgehead atoms. The Balaban J connectivity index is 2.19. The second kappa shape index (κ2) is 3.51. The lowest BCUT2D eigenvalue weighted by Gasteiger charge is -2.21. The number of carbonyl (C=O) groups is 1. The highest BCUT2D eigenvalue weighted by Gasteiger charge is 2.25. The lowest BCUT2D eigenvalue weighted by molar-refractivity contribution is 0.0687. The molecule has 0 saturated heterocycles. The van der Waals surface area contributed by atoms with E-state index in [4.69, 9.17) is 5.11 Å². The summed E-state index contributed by atoms with van der Waals surface area (Å²) < 4.78 is 1.32. The van der Waals surface area contributed by atoms with E-state index >= 15 is 0 Å². The highest BCUT2D eigenvalue weighted by molar-refractivity contribution is 5.86. The van der Waals surface area contributed by atoms with E-state index in [0.29, 0.717) is 17.4 Å². The molecule has 0 radical (unpaired) electrons. The highest BCUT2D eigenvalue weighted by atomic mass is 16.4. The van der Waals surface area contributed by atoms with Crippen LogP contribution in [0.1, 0.15) is 47.2 Å². The van der Waals surface area contributed by atoms with Crippen molar-refractivity contribution >= 4 is 11.7 Å². The summed E-state index contributed by atoms with van der Waals surface area (Å²) >= 11 is 0. The van der Waals surface area contributed by atoms with Gasteiger partial charge in [-0.1, -0.05) is 6.42 Å². The van der Waals surface area contributed by atoms with Crippen molar-refractivity contribution in [1.82, 2.24) is 19.6 Å². The second-order valence-electron chi connectivity index (χ2n) is 4.40. The van der Waals surface area contributed by atoms with Crippen molar-refractivity contribution in [2.75, 3.05) is 0 Å². The van der Waals surface area contributed by atoms with Gasteiger partial charge in [-0.2, -0.15) is 9.50 Å². The number of rotatable bonds is 2. The van der Waals surface area contributed by atoms with Gasteiger partial charge in [0.1, 0.15) is 0 Å². The largest absolute Gasteiger partial charge is 0.477 e. The quantitative estimate of drug-likeness (QED) is 0.846. The Kier molecular flexibility index (Phi) is 2.10. The summed E-state index contributed by atoms with van der Waals surface area (Å²) in [5.41, 5.74) is 0.757. The van der Waals surface area contributed by atoms with Crippen molar-refractivity contribution in [2.24, 2.45) is 0 Å². The molecule has 6 heteroatoms. The standard InChI is InChI=1S/C11H12N4O2/c1-6-5-8(10(16)17)15-11(12-6)13-9(14-15)7-3-2-4-7/h5,7H,2-4H2,1H3,(H,16,17). The molecule has 2 aromatic heterocycles. The van der Waals surface area contributed by atoms with Gasteiger partial charge >= 0.3 is 5.97 Å². The molecular weight excluding hydrogens is 220 g/mol. The first kappa shape index (κ1) is 10.2. The van der Waals surface area contributed by atoms with Crippen LogP contribution in [0.5, 0.6) is 0 Å². The topological polar surface area (TPSA) is 80.4 Å². The number of carboxylic acid groups (broad SMARTS) is 1. The van der Waals surface area contributed by atoms with Crippen LogP contribution in [0.4, 0.5) is 0 Å². The molecule has 88 valence electrons. The summed E-state index contributed by atoms with van der Waals surface area (Å²) in [6, 6.07) is 1.51. The Bertz CT molecular complexity index is 601. The third kappa shape index (κ3) is 1.56. The molecule has 3 rings (SSSR count). The van der Waals surface area contributed by atoms with Gasteiger partial charge in [0.05, 0.1) is 0 Å². The Morgan fingerprint density at radius 2 is 2.24 bits per heavy atom. The molecule has 1 fully saturated rings. The molecule has 0 atom stereocenters. The fourth-order valence-corrected chi connectivity index (χ4v) is 1.99. The van der Waals surface area contributed by atoms with Gasteiger partial charge in [-0.25, -0.2) is 9.78 Å². The van der Waals surface area contributed by atoms with Gasteiger partial charge in [-0.15, -0.1) is 5.10 Å². The average molecular weight is 232 g/mol. The van der Waals surface area contributed by atoms with Crippen LogP contribution in [0.25, 0.3) is 5.78 Å². The van der Waals surface area contributed by atoms with E-state index in [1.807, 2.05) is 0 Å². The maximum atomic E-state index is 11.1. The summed E-state index contributed by atoms with van der Waals surface area (Å²) in [7, 11) is 0. The number of nitrogens with zero attached hydrogens (tertiary/aromatic N) is 4. The average Bonchev–Trinajstić information content (AvgIpc) is 2.56. The van der Waals surface area contributed by atoms with E-state index in [1.165, 1.54) is 17.0 Å². The van der Waals surface area contributed by atoms with E-state index in [9.17, 15) is 4.79 Å². The van der Waals surface area contributed by atoms with Gasteiger partial charge in [0.25, 0.3) is 5.78 Å². The number of fused-ring (bicyclic) bond motifs is 1. The zero-order valence-corrected chi connectivity index (χ0v) is 9.42. The van der Waals surface area contributed by atoms with Gasteiger partial charge < -0.3 is 5.11 Å². The number of hydrogen-bond donors (Lipinski definition) is 1. The van der Waals surface area contributed by atoms with E-state index in [2.05, 4.69) is 15.1 Å². The van der Waals surface area contributed by atoms with E-state index in [1.54, 1.807) is 6.92 Å². The van der Waals surface area contributed by atoms with E-state index in [0.717, 1.165) is 18.7 Å². The summed E-state index contributed by atoms with van der Waals surface area (Å²) in [6.45, 7) is 1.75. The zero-order chi connectivity index (χ0) is 12.0. The zero-order valence-electron chi connectivity index (χ0n) is 9.42. The maximum Gasteiger partial charge on any atom is 0.354 e. The molecule has 6 nitrogen and oxygen atoms in total. The molecular formula is C11H12N4O2. The first-order chi connectivity index (χ1) is 8.15.